The number of unbranched alkanes of at least 4 members (excludes halogenated alkanes) is 1. The number of hydrogen-bond acceptors (Lipinski definition) is 6. The van der Waals surface area contributed by atoms with Crippen LogP contribution in [0.2, 0.25) is 0 Å². The number of rotatable bonds is 9. The summed E-state index contributed by atoms with van der Waals surface area (Å²) in [5.74, 6) is -0.241. The number of carbonyl (C=O) groups excluding carboxylic acids is 1. The van der Waals surface area contributed by atoms with Crippen LogP contribution in [-0.2, 0) is 18.4 Å². The molecule has 2 aromatic carbocycles. The van der Waals surface area contributed by atoms with E-state index in [9.17, 15) is 14.4 Å². The van der Waals surface area contributed by atoms with E-state index in [4.69, 9.17) is 5.73 Å². The molecule has 0 fully saturated rings. The SMILES string of the molecule is CCCCN(C(=O)CSc1nc2ccccc2n1C)c1c(N)n(Cc2ccccc2)c(=O)[nH]c1=O. The summed E-state index contributed by atoms with van der Waals surface area (Å²) in [4.78, 5) is 47.1. The van der Waals surface area contributed by atoms with E-state index in [1.807, 2.05) is 73.1 Å². The van der Waals surface area contributed by atoms with Gasteiger partial charge in [0.2, 0.25) is 5.91 Å². The molecule has 2 aromatic heterocycles. The highest BCUT2D eigenvalue weighted by molar-refractivity contribution is 7.99. The van der Waals surface area contributed by atoms with Gasteiger partial charge in [-0.3, -0.25) is 19.1 Å². The van der Waals surface area contributed by atoms with Crippen molar-refractivity contribution < 1.29 is 4.79 Å². The lowest BCUT2D eigenvalue weighted by atomic mass is 10.2. The lowest BCUT2D eigenvalue weighted by Gasteiger charge is -2.24. The van der Waals surface area contributed by atoms with Crippen molar-refractivity contribution in [3.8, 4) is 0 Å². The van der Waals surface area contributed by atoms with Gasteiger partial charge in [-0.15, -0.1) is 0 Å². The number of anilines is 2. The van der Waals surface area contributed by atoms with Gasteiger partial charge in [0.15, 0.2) is 10.8 Å². The third kappa shape index (κ3) is 5.17. The molecule has 0 saturated heterocycles. The normalized spacial score (nSPS) is 11.1. The van der Waals surface area contributed by atoms with Gasteiger partial charge in [0.25, 0.3) is 5.56 Å². The van der Waals surface area contributed by atoms with Crippen LogP contribution in [0.25, 0.3) is 11.0 Å². The summed E-state index contributed by atoms with van der Waals surface area (Å²) >= 11 is 1.30. The average Bonchev–Trinajstić information content (AvgIpc) is 3.18. The largest absolute Gasteiger partial charge is 0.383 e. The molecule has 0 aliphatic rings. The summed E-state index contributed by atoms with van der Waals surface area (Å²) in [6.07, 6.45) is 1.50. The van der Waals surface area contributed by atoms with Gasteiger partial charge in [-0.25, -0.2) is 9.78 Å². The van der Waals surface area contributed by atoms with Crippen LogP contribution in [0.5, 0.6) is 0 Å². The molecular formula is C25H28N6O3S. The third-order valence-electron chi connectivity index (χ3n) is 5.77. The molecule has 10 heteroatoms. The van der Waals surface area contributed by atoms with Crippen LogP contribution in [0.15, 0.2) is 69.3 Å². The van der Waals surface area contributed by atoms with E-state index >= 15 is 0 Å². The quantitative estimate of drug-likeness (QED) is 0.347. The highest BCUT2D eigenvalue weighted by Gasteiger charge is 2.24. The molecule has 0 unspecified atom stereocenters. The van der Waals surface area contributed by atoms with Crippen LogP contribution >= 0.6 is 11.8 Å². The van der Waals surface area contributed by atoms with E-state index in [0.717, 1.165) is 23.0 Å². The highest BCUT2D eigenvalue weighted by Crippen LogP contribution is 2.25. The van der Waals surface area contributed by atoms with Crippen molar-refractivity contribution in [3.63, 3.8) is 0 Å². The number of H-pyrrole nitrogens is 1. The number of imidazole rings is 1. The van der Waals surface area contributed by atoms with E-state index in [0.29, 0.717) is 18.1 Å². The number of amides is 1. The molecule has 4 rings (SSSR count). The van der Waals surface area contributed by atoms with Crippen molar-refractivity contribution in [2.75, 3.05) is 22.9 Å². The van der Waals surface area contributed by atoms with E-state index in [1.54, 1.807) is 0 Å². The number of nitrogens with zero attached hydrogens (tertiary/aromatic N) is 4. The number of benzene rings is 2. The summed E-state index contributed by atoms with van der Waals surface area (Å²) in [6, 6.07) is 17.1. The zero-order chi connectivity index (χ0) is 24.9. The lowest BCUT2D eigenvalue weighted by molar-refractivity contribution is -0.116. The van der Waals surface area contributed by atoms with E-state index in [2.05, 4.69) is 9.97 Å². The maximum Gasteiger partial charge on any atom is 0.330 e. The Morgan fingerprint density at radius 3 is 2.54 bits per heavy atom. The minimum Gasteiger partial charge on any atom is -0.383 e. The second-order valence-corrected chi connectivity index (χ2v) is 9.14. The predicted octanol–water partition coefficient (Wildman–Crippen LogP) is 2.98. The van der Waals surface area contributed by atoms with Crippen LogP contribution in [0.4, 0.5) is 11.5 Å². The number of para-hydroxylation sites is 2. The molecular weight excluding hydrogens is 464 g/mol. The van der Waals surface area contributed by atoms with Crippen LogP contribution in [0.1, 0.15) is 25.3 Å². The summed E-state index contributed by atoms with van der Waals surface area (Å²) in [5, 5.41) is 0.700. The van der Waals surface area contributed by atoms with Crippen LogP contribution in [-0.4, -0.2) is 37.3 Å². The summed E-state index contributed by atoms with van der Waals surface area (Å²) in [6.45, 7) is 2.50. The monoisotopic (exact) mass is 492 g/mol. The summed E-state index contributed by atoms with van der Waals surface area (Å²) < 4.78 is 3.22. The molecule has 182 valence electrons. The Kier molecular flexibility index (Phi) is 7.40. The van der Waals surface area contributed by atoms with Gasteiger partial charge in [-0.1, -0.05) is 67.6 Å². The Bertz CT molecular complexity index is 1460. The minimum atomic E-state index is -0.672. The first-order valence-electron chi connectivity index (χ1n) is 11.4. The number of nitrogen functional groups attached to an aromatic ring is 1. The van der Waals surface area contributed by atoms with Gasteiger partial charge in [-0.05, 0) is 24.1 Å². The van der Waals surface area contributed by atoms with Gasteiger partial charge < -0.3 is 15.2 Å². The molecule has 1 amide bonds. The maximum absolute atomic E-state index is 13.4. The minimum absolute atomic E-state index is 0.00424. The fourth-order valence-corrected chi connectivity index (χ4v) is 4.76. The van der Waals surface area contributed by atoms with Crippen LogP contribution in [0.3, 0.4) is 0 Å². The van der Waals surface area contributed by atoms with Crippen LogP contribution in [0, 0.1) is 0 Å². The average molecular weight is 493 g/mol. The zero-order valence-corrected chi connectivity index (χ0v) is 20.5. The van der Waals surface area contributed by atoms with Crippen molar-refractivity contribution in [2.45, 2.75) is 31.5 Å². The van der Waals surface area contributed by atoms with Gasteiger partial charge >= 0.3 is 5.69 Å². The first-order chi connectivity index (χ1) is 16.9. The Labute approximate surface area is 206 Å². The molecule has 0 atom stereocenters. The van der Waals surface area contributed by atoms with Crippen molar-refractivity contribution in [3.05, 3.63) is 81.0 Å². The van der Waals surface area contributed by atoms with Crippen molar-refractivity contribution in [1.82, 2.24) is 19.1 Å². The molecule has 9 nitrogen and oxygen atoms in total. The number of aryl methyl sites for hydroxylation is 1. The van der Waals surface area contributed by atoms with Gasteiger partial charge in [0.05, 0.1) is 23.3 Å². The second kappa shape index (κ2) is 10.6. The number of nitrogens with two attached hydrogens (primary N) is 1. The third-order valence-corrected chi connectivity index (χ3v) is 6.79. The standard InChI is InChI=1S/C25H28N6O3S/c1-3-4-14-30(20(32)16-35-25-27-18-12-8-9-13-19(18)29(25)2)21-22(26)31(24(34)28-23(21)33)15-17-10-6-5-7-11-17/h5-13H,3-4,14-16,26H2,1-2H3,(H,28,33,34). The van der Waals surface area contributed by atoms with Crippen LogP contribution < -0.4 is 21.9 Å². The number of thioether (sulfide) groups is 1. The molecule has 4 aromatic rings. The molecule has 0 aliphatic heterocycles. The number of hydrogen-bond donors (Lipinski definition) is 2. The van der Waals surface area contributed by atoms with E-state index in [-0.39, 0.29) is 29.7 Å². The van der Waals surface area contributed by atoms with E-state index < -0.39 is 11.2 Å². The number of aromatic nitrogens is 4. The Morgan fingerprint density at radius 1 is 1.11 bits per heavy atom. The highest BCUT2D eigenvalue weighted by atomic mass is 32.2. The Balaban J connectivity index is 1.64. The number of nitrogens with one attached hydrogen (secondary N) is 1. The van der Waals surface area contributed by atoms with E-state index in [1.165, 1.54) is 21.2 Å². The molecule has 0 aliphatic carbocycles. The Hall–Kier alpha value is -3.79. The molecule has 3 N–H and O–H groups in total. The predicted molar refractivity (Wildman–Crippen MR) is 140 cm³/mol. The molecule has 35 heavy (non-hydrogen) atoms. The first-order valence-corrected chi connectivity index (χ1v) is 12.4. The molecule has 2 heterocycles. The molecule has 0 bridgehead atoms. The fourth-order valence-electron chi connectivity index (χ4n) is 3.90. The lowest BCUT2D eigenvalue weighted by Crippen LogP contribution is -2.42. The van der Waals surface area contributed by atoms with Gasteiger partial charge in [0.1, 0.15) is 5.82 Å². The summed E-state index contributed by atoms with van der Waals surface area (Å²) in [5.41, 5.74) is 7.74. The summed E-state index contributed by atoms with van der Waals surface area (Å²) in [7, 11) is 1.90. The molecule has 0 spiro atoms. The number of carbonyl (C=O) groups is 1. The first kappa shape index (κ1) is 24.3. The zero-order valence-electron chi connectivity index (χ0n) is 19.7. The maximum atomic E-state index is 13.4. The van der Waals surface area contributed by atoms with Crippen molar-refractivity contribution >= 4 is 40.2 Å². The molecule has 0 saturated carbocycles. The van der Waals surface area contributed by atoms with Crippen molar-refractivity contribution in [1.29, 1.82) is 0 Å². The molecule has 0 radical (unpaired) electrons. The Morgan fingerprint density at radius 2 is 1.83 bits per heavy atom. The fraction of sp³-hybridized carbons (Fsp3) is 0.280. The number of aromatic amines is 1. The van der Waals surface area contributed by atoms with Gasteiger partial charge in [-0.2, -0.15) is 0 Å². The van der Waals surface area contributed by atoms with Crippen molar-refractivity contribution in [2.24, 2.45) is 7.05 Å². The van der Waals surface area contributed by atoms with Gasteiger partial charge in [0, 0.05) is 13.6 Å². The smallest absolute Gasteiger partial charge is 0.330 e. The number of fused-ring (bicyclic) bond motifs is 1. The second-order valence-electron chi connectivity index (χ2n) is 8.19. The topological polar surface area (TPSA) is 119 Å².